The predicted octanol–water partition coefficient (Wildman–Crippen LogP) is 13.1. The molecule has 0 aromatic carbocycles. The highest BCUT2D eigenvalue weighted by atomic mass is 31.2. The van der Waals surface area contributed by atoms with Gasteiger partial charge in [0.1, 0.15) is 19.8 Å². The van der Waals surface area contributed by atoms with Gasteiger partial charge < -0.3 is 18.9 Å². The Morgan fingerprint density at radius 3 is 1.48 bits per heavy atom. The first kappa shape index (κ1) is 56.7. The number of phosphoric acid groups is 1. The molecule has 10 heteroatoms. The lowest BCUT2D eigenvalue weighted by Crippen LogP contribution is -2.37. The van der Waals surface area contributed by atoms with Crippen LogP contribution in [-0.4, -0.2) is 74.9 Å². The number of phosphoric ester groups is 1. The van der Waals surface area contributed by atoms with Crippen LogP contribution < -0.4 is 0 Å². The van der Waals surface area contributed by atoms with E-state index >= 15 is 0 Å². The van der Waals surface area contributed by atoms with E-state index in [1.54, 1.807) is 0 Å². The Morgan fingerprint density at radius 1 is 0.533 bits per heavy atom. The third kappa shape index (κ3) is 44.2. The maximum absolute atomic E-state index is 12.7. The topological polar surface area (TPSA) is 108 Å². The smallest absolute Gasteiger partial charge is 0.462 e. The zero-order valence-corrected chi connectivity index (χ0v) is 39.0. The molecule has 0 heterocycles. The molecule has 1 N–H and O–H groups in total. The molecule has 0 aromatic rings. The van der Waals surface area contributed by atoms with Crippen molar-refractivity contribution >= 4 is 19.8 Å². The third-order valence-corrected chi connectivity index (χ3v) is 9.78. The molecule has 0 aliphatic rings. The standard InChI is InChI=1S/C50H82NO8P/c1-6-8-10-12-14-16-18-20-22-24-25-27-29-31-33-35-37-39-41-43-50(53)59-48(47-58-60(54,55)57-45-44-51(3,4)5)46-56-49(52)42-40-38-36-34-32-30-28-26-23-21-19-17-15-13-11-9-7-2/h8,10,14,16,20-23,25,27-28,30-31,33-34,36-37,39,48H,6-7,9,11-13,15,17-19,24,26,29,32,35,38,40-47H2,1-5H3/p+1/b10-8-,16-14-,22-20-,23-21-,27-25-,30-28-,33-31-,36-34-,39-37-/t48-/m1/s1. The molecule has 2 atom stereocenters. The van der Waals surface area contributed by atoms with Crippen molar-refractivity contribution in [3.63, 3.8) is 0 Å². The minimum atomic E-state index is -4.42. The molecule has 9 nitrogen and oxygen atoms in total. The molecule has 0 fully saturated rings. The summed E-state index contributed by atoms with van der Waals surface area (Å²) in [6, 6.07) is 0. The lowest BCUT2D eigenvalue weighted by molar-refractivity contribution is -0.870. The molecule has 0 aliphatic heterocycles. The van der Waals surface area contributed by atoms with Crippen LogP contribution in [0.25, 0.3) is 0 Å². The lowest BCUT2D eigenvalue weighted by Gasteiger charge is -2.24. The van der Waals surface area contributed by atoms with Gasteiger partial charge in [-0.2, -0.15) is 0 Å². The zero-order chi connectivity index (χ0) is 44.3. The number of unbranched alkanes of at least 4 members (excludes halogenated alkanes) is 7. The van der Waals surface area contributed by atoms with Crippen LogP contribution in [0, 0.1) is 0 Å². The molecule has 1 unspecified atom stereocenters. The number of likely N-dealkylation sites (N-methyl/N-ethyl adjacent to an activating group) is 1. The molecule has 0 radical (unpaired) electrons. The molecule has 0 aliphatic carbocycles. The Bertz CT molecular complexity index is 1380. The summed E-state index contributed by atoms with van der Waals surface area (Å²) in [5, 5.41) is 0. The van der Waals surface area contributed by atoms with E-state index in [-0.39, 0.29) is 26.1 Å². The normalized spacial score (nSPS) is 14.6. The van der Waals surface area contributed by atoms with Gasteiger partial charge in [-0.05, 0) is 83.5 Å². The van der Waals surface area contributed by atoms with Gasteiger partial charge in [0, 0.05) is 12.8 Å². The van der Waals surface area contributed by atoms with Crippen molar-refractivity contribution in [1.29, 1.82) is 0 Å². The number of ether oxygens (including phenoxy) is 2. The first-order chi connectivity index (χ1) is 29.0. The Morgan fingerprint density at radius 2 is 0.983 bits per heavy atom. The number of carbonyl (C=O) groups is 2. The number of esters is 2. The monoisotopic (exact) mass is 857 g/mol. The fourth-order valence-electron chi connectivity index (χ4n) is 5.29. The van der Waals surface area contributed by atoms with Crippen LogP contribution in [0.3, 0.4) is 0 Å². The zero-order valence-electron chi connectivity index (χ0n) is 38.1. The largest absolute Gasteiger partial charge is 0.472 e. The number of allylic oxidation sites excluding steroid dienone is 18. The average molecular weight is 857 g/mol. The summed E-state index contributed by atoms with van der Waals surface area (Å²) in [5.74, 6) is -0.970. The number of hydrogen-bond acceptors (Lipinski definition) is 7. The third-order valence-electron chi connectivity index (χ3n) is 8.80. The minimum absolute atomic E-state index is 0.00408. The maximum Gasteiger partial charge on any atom is 0.472 e. The van der Waals surface area contributed by atoms with Crippen molar-refractivity contribution in [3.8, 4) is 0 Å². The van der Waals surface area contributed by atoms with Gasteiger partial charge in [-0.3, -0.25) is 18.6 Å². The first-order valence-electron chi connectivity index (χ1n) is 22.6. The van der Waals surface area contributed by atoms with E-state index in [9.17, 15) is 19.0 Å². The van der Waals surface area contributed by atoms with Crippen molar-refractivity contribution in [2.45, 2.75) is 148 Å². The highest BCUT2D eigenvalue weighted by Crippen LogP contribution is 2.43. The summed E-state index contributed by atoms with van der Waals surface area (Å²) in [7, 11) is 1.38. The van der Waals surface area contributed by atoms with Crippen molar-refractivity contribution in [1.82, 2.24) is 0 Å². The van der Waals surface area contributed by atoms with E-state index in [0.717, 1.165) is 64.2 Å². The SMILES string of the molecule is CC/C=C\C/C=C\C/C=C\C/C=C\C/C=C\C/C=C\CCC(=O)O[C@H](COC(=O)CCC/C=C\C/C=C\C/C=C\CCCCCCCC)COP(=O)(O)OCC[N+](C)(C)C. The first-order valence-corrected chi connectivity index (χ1v) is 24.1. The van der Waals surface area contributed by atoms with Crippen molar-refractivity contribution in [2.75, 3.05) is 47.5 Å². The van der Waals surface area contributed by atoms with Crippen molar-refractivity contribution in [2.24, 2.45) is 0 Å². The Kier molecular flexibility index (Phi) is 38.8. The van der Waals surface area contributed by atoms with Crippen LogP contribution >= 0.6 is 7.82 Å². The average Bonchev–Trinajstić information content (AvgIpc) is 3.20. The van der Waals surface area contributed by atoms with Crippen LogP contribution in [0.5, 0.6) is 0 Å². The molecule has 0 saturated carbocycles. The summed E-state index contributed by atoms with van der Waals surface area (Å²) in [5.41, 5.74) is 0. The quantitative estimate of drug-likeness (QED) is 0.0214. The van der Waals surface area contributed by atoms with E-state index in [0.29, 0.717) is 23.9 Å². The molecular weight excluding hydrogens is 774 g/mol. The summed E-state index contributed by atoms with van der Waals surface area (Å²) in [6.45, 7) is 4.13. The number of nitrogens with zero attached hydrogens (tertiary/aromatic N) is 1. The van der Waals surface area contributed by atoms with E-state index < -0.39 is 32.5 Å². The van der Waals surface area contributed by atoms with Gasteiger partial charge in [-0.25, -0.2) is 4.57 Å². The fraction of sp³-hybridized carbons (Fsp3) is 0.600. The van der Waals surface area contributed by atoms with E-state index in [1.165, 1.54) is 38.5 Å². The van der Waals surface area contributed by atoms with Crippen LogP contribution in [0.2, 0.25) is 0 Å². The molecule has 0 bridgehead atoms. The van der Waals surface area contributed by atoms with Gasteiger partial charge in [0.2, 0.25) is 0 Å². The molecule has 340 valence electrons. The maximum atomic E-state index is 12.7. The molecule has 60 heavy (non-hydrogen) atoms. The summed E-state index contributed by atoms with van der Waals surface area (Å²) >= 11 is 0. The summed E-state index contributed by atoms with van der Waals surface area (Å²) in [6.07, 6.45) is 55.9. The van der Waals surface area contributed by atoms with E-state index in [4.69, 9.17) is 18.5 Å². The number of rotatable bonds is 39. The Labute approximate surface area is 366 Å². The number of hydrogen-bond donors (Lipinski definition) is 1. The molecule has 0 rings (SSSR count). The van der Waals surface area contributed by atoms with Crippen LogP contribution in [0.15, 0.2) is 109 Å². The Hall–Kier alpha value is -3.33. The molecule has 0 aromatic heterocycles. The number of quaternary nitrogens is 1. The Balaban J connectivity index is 4.58. The van der Waals surface area contributed by atoms with Crippen molar-refractivity contribution in [3.05, 3.63) is 109 Å². The predicted molar refractivity (Wildman–Crippen MR) is 251 cm³/mol. The van der Waals surface area contributed by atoms with E-state index in [2.05, 4.69) is 111 Å². The summed E-state index contributed by atoms with van der Waals surface area (Å²) in [4.78, 5) is 35.3. The van der Waals surface area contributed by atoms with Gasteiger partial charge in [0.05, 0.1) is 27.7 Å². The highest BCUT2D eigenvalue weighted by Gasteiger charge is 2.27. The lowest BCUT2D eigenvalue weighted by atomic mass is 10.1. The fourth-order valence-corrected chi connectivity index (χ4v) is 6.03. The van der Waals surface area contributed by atoms with Gasteiger partial charge in [-0.15, -0.1) is 0 Å². The molecular formula is C50H83NO8P+. The van der Waals surface area contributed by atoms with Gasteiger partial charge in [0.15, 0.2) is 6.10 Å². The highest BCUT2D eigenvalue weighted by molar-refractivity contribution is 7.47. The number of carbonyl (C=O) groups excluding carboxylic acids is 2. The minimum Gasteiger partial charge on any atom is -0.462 e. The van der Waals surface area contributed by atoms with Crippen LogP contribution in [-0.2, 0) is 32.7 Å². The molecule has 0 saturated heterocycles. The summed E-state index contributed by atoms with van der Waals surface area (Å²) < 4.78 is 34.2. The van der Waals surface area contributed by atoms with Crippen LogP contribution in [0.1, 0.15) is 142 Å². The van der Waals surface area contributed by atoms with E-state index in [1.807, 2.05) is 33.3 Å². The van der Waals surface area contributed by atoms with Gasteiger partial charge in [-0.1, -0.05) is 155 Å². The van der Waals surface area contributed by atoms with Crippen molar-refractivity contribution < 1.29 is 42.1 Å². The van der Waals surface area contributed by atoms with Gasteiger partial charge >= 0.3 is 19.8 Å². The second kappa shape index (κ2) is 41.0. The molecule has 0 spiro atoms. The van der Waals surface area contributed by atoms with Gasteiger partial charge in [0.25, 0.3) is 0 Å². The second-order valence-corrected chi connectivity index (χ2v) is 17.1. The second-order valence-electron chi connectivity index (χ2n) is 15.7. The van der Waals surface area contributed by atoms with Crippen LogP contribution in [0.4, 0.5) is 0 Å². The molecule has 0 amide bonds.